The van der Waals surface area contributed by atoms with Crippen LogP contribution in [0.2, 0.25) is 0 Å². The van der Waals surface area contributed by atoms with Crippen molar-refractivity contribution in [2.24, 2.45) is 21.7 Å². The van der Waals surface area contributed by atoms with Crippen molar-refractivity contribution in [1.29, 1.82) is 0 Å². The molecule has 14 nitrogen and oxygen atoms in total. The van der Waals surface area contributed by atoms with Crippen LogP contribution in [0.3, 0.4) is 0 Å². The largest absolute Gasteiger partial charge is 0.493 e. The van der Waals surface area contributed by atoms with Crippen molar-refractivity contribution in [3.8, 4) is 11.5 Å². The normalized spacial score (nSPS) is 9.65. The lowest BCUT2D eigenvalue weighted by atomic mass is 10.1. The lowest BCUT2D eigenvalue weighted by molar-refractivity contribution is -0.422. The van der Waals surface area contributed by atoms with E-state index in [1.54, 1.807) is 0 Å². The van der Waals surface area contributed by atoms with E-state index in [2.05, 4.69) is 10.2 Å². The highest BCUT2D eigenvalue weighted by Gasteiger charge is 2.34. The SMILES string of the molecule is CC(=O)O.COc1cc([N+](=O)[O-])c([N+](=O)[O-])c(/C=N/N=C(N)N)c1OC. The maximum atomic E-state index is 11.2. The standard InChI is InChI=1S/C10H12N6O6.C2H4O2/c1-21-7-3-6(15(17)18)8(16(19)20)5(9(7)22-2)4-13-14-10(11)12;1-2(3)4/h3-4H,1-2H3,(H4,11,12,14);1H3,(H,3,4)/b13-4+;. The first-order chi connectivity index (χ1) is 12.1. The molecular formula is C12H16N6O8. The van der Waals surface area contributed by atoms with Crippen LogP contribution >= 0.6 is 0 Å². The number of nitro benzene ring substituents is 2. The zero-order chi connectivity index (χ0) is 20.4. The second-order valence-electron chi connectivity index (χ2n) is 4.20. The zero-order valence-electron chi connectivity index (χ0n) is 13.9. The van der Waals surface area contributed by atoms with Crippen LogP contribution in [0.25, 0.3) is 0 Å². The fourth-order valence-electron chi connectivity index (χ4n) is 1.60. The van der Waals surface area contributed by atoms with Crippen molar-refractivity contribution in [2.75, 3.05) is 14.2 Å². The Labute approximate surface area is 146 Å². The summed E-state index contributed by atoms with van der Waals surface area (Å²) in [5.41, 5.74) is 8.24. The van der Waals surface area contributed by atoms with Gasteiger partial charge in [0.1, 0.15) is 5.56 Å². The molecule has 14 heteroatoms. The molecule has 1 rings (SSSR count). The summed E-state index contributed by atoms with van der Waals surface area (Å²) in [6.45, 7) is 1.08. The first kappa shape index (κ1) is 22.0. The van der Waals surface area contributed by atoms with Crippen LogP contribution in [0, 0.1) is 20.2 Å². The molecule has 0 saturated carbocycles. The molecule has 142 valence electrons. The Kier molecular flexibility index (Phi) is 8.48. The average Bonchev–Trinajstić information content (AvgIpc) is 2.52. The van der Waals surface area contributed by atoms with E-state index in [4.69, 9.17) is 30.8 Å². The third-order valence-corrected chi connectivity index (χ3v) is 2.40. The first-order valence-electron chi connectivity index (χ1n) is 6.46. The van der Waals surface area contributed by atoms with Crippen molar-refractivity contribution in [2.45, 2.75) is 6.92 Å². The topological polar surface area (TPSA) is 219 Å². The molecule has 0 radical (unpaired) electrons. The van der Waals surface area contributed by atoms with Gasteiger partial charge in [0.25, 0.3) is 5.97 Å². The van der Waals surface area contributed by atoms with E-state index < -0.39 is 33.2 Å². The van der Waals surface area contributed by atoms with Crippen molar-refractivity contribution in [3.63, 3.8) is 0 Å². The highest BCUT2D eigenvalue weighted by Crippen LogP contribution is 2.42. The van der Waals surface area contributed by atoms with Crippen LogP contribution < -0.4 is 20.9 Å². The molecule has 0 aliphatic heterocycles. The van der Waals surface area contributed by atoms with E-state index in [1.165, 1.54) is 14.2 Å². The number of ether oxygens (including phenoxy) is 2. The van der Waals surface area contributed by atoms with Gasteiger partial charge in [-0.3, -0.25) is 25.0 Å². The summed E-state index contributed by atoms with van der Waals surface area (Å²) in [6, 6.07) is 0.884. The first-order valence-corrected chi connectivity index (χ1v) is 6.46. The van der Waals surface area contributed by atoms with Crippen LogP contribution in [0.1, 0.15) is 12.5 Å². The van der Waals surface area contributed by atoms with Gasteiger partial charge in [-0.1, -0.05) is 0 Å². The summed E-state index contributed by atoms with van der Waals surface area (Å²) < 4.78 is 9.93. The van der Waals surface area contributed by atoms with Gasteiger partial charge in [0.15, 0.2) is 11.5 Å². The molecule has 0 heterocycles. The number of benzene rings is 1. The minimum Gasteiger partial charge on any atom is -0.493 e. The molecule has 1 aromatic carbocycles. The molecule has 0 saturated heterocycles. The van der Waals surface area contributed by atoms with Crippen LogP contribution in [0.4, 0.5) is 11.4 Å². The number of carboxylic acid groups (broad SMARTS) is 1. The van der Waals surface area contributed by atoms with E-state index in [1.807, 2.05) is 0 Å². The summed E-state index contributed by atoms with van der Waals surface area (Å²) in [4.78, 5) is 29.3. The van der Waals surface area contributed by atoms with Crippen LogP contribution in [0.15, 0.2) is 16.3 Å². The lowest BCUT2D eigenvalue weighted by Gasteiger charge is -2.10. The number of nitrogens with two attached hydrogens (primary N) is 2. The van der Waals surface area contributed by atoms with Gasteiger partial charge in [-0.05, 0) is 0 Å². The number of nitro groups is 2. The molecule has 0 amide bonds. The van der Waals surface area contributed by atoms with E-state index in [0.717, 1.165) is 19.2 Å². The molecule has 0 aliphatic rings. The fourth-order valence-corrected chi connectivity index (χ4v) is 1.60. The minimum absolute atomic E-state index is 0.0778. The summed E-state index contributed by atoms with van der Waals surface area (Å²) in [6.07, 6.45) is 0.867. The number of nitrogens with zero attached hydrogens (tertiary/aromatic N) is 4. The molecule has 0 bridgehead atoms. The summed E-state index contributed by atoms with van der Waals surface area (Å²) in [5, 5.41) is 36.3. The third-order valence-electron chi connectivity index (χ3n) is 2.40. The number of hydrogen-bond acceptors (Lipinski definition) is 9. The third kappa shape index (κ3) is 6.26. The molecule has 0 aliphatic carbocycles. The maximum absolute atomic E-state index is 11.2. The Morgan fingerprint density at radius 1 is 1.23 bits per heavy atom. The molecule has 0 fully saturated rings. The Morgan fingerprint density at radius 3 is 2.12 bits per heavy atom. The average molecular weight is 372 g/mol. The molecule has 26 heavy (non-hydrogen) atoms. The number of carbonyl (C=O) groups is 1. The highest BCUT2D eigenvalue weighted by atomic mass is 16.6. The van der Waals surface area contributed by atoms with Crippen molar-refractivity contribution >= 4 is 29.5 Å². The van der Waals surface area contributed by atoms with Gasteiger partial charge < -0.3 is 26.0 Å². The van der Waals surface area contributed by atoms with Crippen molar-refractivity contribution in [1.82, 2.24) is 0 Å². The highest BCUT2D eigenvalue weighted by molar-refractivity contribution is 5.94. The zero-order valence-corrected chi connectivity index (χ0v) is 13.9. The van der Waals surface area contributed by atoms with Crippen molar-refractivity contribution < 1.29 is 29.2 Å². The number of aliphatic carboxylic acids is 1. The Balaban J connectivity index is 0.00000141. The summed E-state index contributed by atoms with van der Waals surface area (Å²) >= 11 is 0. The fraction of sp³-hybridized carbons (Fsp3) is 0.250. The second kappa shape index (κ2) is 10.0. The predicted octanol–water partition coefficient (Wildman–Crippen LogP) is 0.218. The van der Waals surface area contributed by atoms with Crippen LogP contribution in [-0.4, -0.2) is 47.3 Å². The molecular weight excluding hydrogens is 356 g/mol. The number of hydrogen-bond donors (Lipinski definition) is 3. The van der Waals surface area contributed by atoms with Gasteiger partial charge in [-0.15, -0.1) is 5.10 Å². The molecule has 0 aromatic heterocycles. The van der Waals surface area contributed by atoms with Crippen molar-refractivity contribution in [3.05, 3.63) is 31.9 Å². The molecule has 5 N–H and O–H groups in total. The summed E-state index contributed by atoms with van der Waals surface area (Å²) in [7, 11) is 2.44. The van der Waals surface area contributed by atoms with E-state index in [-0.39, 0.29) is 17.1 Å². The Bertz CT molecular complexity index is 753. The van der Waals surface area contributed by atoms with E-state index in [0.29, 0.717) is 0 Å². The molecule has 0 unspecified atom stereocenters. The Hall–Kier alpha value is -3.97. The maximum Gasteiger partial charge on any atom is 0.358 e. The second-order valence-corrected chi connectivity index (χ2v) is 4.20. The lowest BCUT2D eigenvalue weighted by Crippen LogP contribution is -2.21. The van der Waals surface area contributed by atoms with E-state index >= 15 is 0 Å². The molecule has 0 spiro atoms. The monoisotopic (exact) mass is 372 g/mol. The Morgan fingerprint density at radius 2 is 1.77 bits per heavy atom. The van der Waals surface area contributed by atoms with Gasteiger partial charge in [-0.2, -0.15) is 5.10 Å². The summed E-state index contributed by atoms with van der Waals surface area (Å²) in [5.74, 6) is -1.42. The van der Waals surface area contributed by atoms with Crippen LogP contribution in [0.5, 0.6) is 11.5 Å². The van der Waals surface area contributed by atoms with E-state index in [9.17, 15) is 20.2 Å². The van der Waals surface area contributed by atoms with Gasteiger partial charge in [-0.25, -0.2) is 0 Å². The van der Waals surface area contributed by atoms with Gasteiger partial charge in [0, 0.05) is 6.92 Å². The van der Waals surface area contributed by atoms with Crippen LogP contribution in [-0.2, 0) is 4.79 Å². The number of methoxy groups -OCH3 is 2. The molecule has 1 aromatic rings. The van der Waals surface area contributed by atoms with Gasteiger partial charge >= 0.3 is 11.4 Å². The smallest absolute Gasteiger partial charge is 0.358 e. The number of rotatable bonds is 6. The minimum atomic E-state index is -0.934. The number of guanidine groups is 1. The van der Waals surface area contributed by atoms with Gasteiger partial charge in [0.2, 0.25) is 5.96 Å². The molecule has 0 atom stereocenters. The quantitative estimate of drug-likeness (QED) is 0.267. The number of carboxylic acids is 1. The predicted molar refractivity (Wildman–Crippen MR) is 89.6 cm³/mol. The van der Waals surface area contributed by atoms with Gasteiger partial charge in [0.05, 0.1) is 36.3 Å².